The van der Waals surface area contributed by atoms with Crippen LogP contribution in [0, 0.1) is 6.92 Å². The first kappa shape index (κ1) is 13.1. The Morgan fingerprint density at radius 1 is 1.47 bits per heavy atom. The van der Waals surface area contributed by atoms with Crippen LogP contribution >= 0.6 is 15.9 Å². The Hall–Kier alpha value is -0.390. The molecule has 1 atom stereocenters. The van der Waals surface area contributed by atoms with Gasteiger partial charge >= 0.3 is 0 Å². The zero-order valence-electron chi connectivity index (χ0n) is 9.74. The standard InChI is InChI=1S/C12H16BrNO2S/c1-9-2-3-10(6-12(9)13)7-14-11-4-5-17(15,16)8-11/h2-3,6,11,14H,4-5,7-8H2,1H3. The van der Waals surface area contributed by atoms with E-state index < -0.39 is 9.84 Å². The van der Waals surface area contributed by atoms with Gasteiger partial charge in [-0.25, -0.2) is 8.42 Å². The van der Waals surface area contributed by atoms with Crippen LogP contribution in [-0.2, 0) is 16.4 Å². The number of nitrogens with one attached hydrogen (secondary N) is 1. The van der Waals surface area contributed by atoms with E-state index in [1.54, 1.807) is 0 Å². The molecule has 94 valence electrons. The number of rotatable bonds is 3. The number of aryl methyl sites for hydroxylation is 1. The Morgan fingerprint density at radius 2 is 2.24 bits per heavy atom. The van der Waals surface area contributed by atoms with Gasteiger partial charge in [0, 0.05) is 17.1 Å². The highest BCUT2D eigenvalue weighted by molar-refractivity contribution is 9.10. The van der Waals surface area contributed by atoms with Gasteiger partial charge in [0.05, 0.1) is 11.5 Å². The van der Waals surface area contributed by atoms with Gasteiger partial charge in [0.15, 0.2) is 9.84 Å². The molecule has 1 aliphatic heterocycles. The second kappa shape index (κ2) is 5.08. The molecule has 3 nitrogen and oxygen atoms in total. The lowest BCUT2D eigenvalue weighted by molar-refractivity contribution is 0.554. The fourth-order valence-electron chi connectivity index (χ4n) is 1.96. The van der Waals surface area contributed by atoms with Crippen LogP contribution in [0.5, 0.6) is 0 Å². The Kier molecular flexibility index (Phi) is 3.90. The van der Waals surface area contributed by atoms with Crippen LogP contribution in [0.2, 0.25) is 0 Å². The van der Waals surface area contributed by atoms with Crippen molar-refractivity contribution in [1.82, 2.24) is 5.32 Å². The molecule has 2 rings (SSSR count). The monoisotopic (exact) mass is 317 g/mol. The molecule has 1 aromatic rings. The second-order valence-corrected chi connectivity index (χ2v) is 7.65. The molecule has 0 aliphatic carbocycles. The Morgan fingerprint density at radius 3 is 2.82 bits per heavy atom. The summed E-state index contributed by atoms with van der Waals surface area (Å²) in [5.41, 5.74) is 2.38. The Labute approximate surface area is 111 Å². The molecular formula is C12H16BrNO2S. The third kappa shape index (κ3) is 3.53. The largest absolute Gasteiger partial charge is 0.309 e. The minimum Gasteiger partial charge on any atom is -0.309 e. The molecular weight excluding hydrogens is 302 g/mol. The SMILES string of the molecule is Cc1ccc(CNC2CCS(=O)(=O)C2)cc1Br. The van der Waals surface area contributed by atoms with Gasteiger partial charge in [-0.2, -0.15) is 0 Å². The summed E-state index contributed by atoms with van der Waals surface area (Å²) >= 11 is 3.49. The third-order valence-corrected chi connectivity index (χ3v) is 5.69. The maximum atomic E-state index is 11.3. The summed E-state index contributed by atoms with van der Waals surface area (Å²) in [7, 11) is -2.79. The molecule has 0 spiro atoms. The van der Waals surface area contributed by atoms with Gasteiger partial charge in [-0.3, -0.25) is 0 Å². The summed E-state index contributed by atoms with van der Waals surface area (Å²) in [4.78, 5) is 0. The van der Waals surface area contributed by atoms with Crippen molar-refractivity contribution in [2.24, 2.45) is 0 Å². The lowest BCUT2D eigenvalue weighted by atomic mass is 10.1. The molecule has 5 heteroatoms. The molecule has 0 bridgehead atoms. The normalized spacial score (nSPS) is 22.8. The van der Waals surface area contributed by atoms with E-state index in [0.717, 1.165) is 17.4 Å². The van der Waals surface area contributed by atoms with E-state index in [2.05, 4.69) is 39.4 Å². The van der Waals surface area contributed by atoms with E-state index in [-0.39, 0.29) is 11.8 Å². The van der Waals surface area contributed by atoms with Crippen LogP contribution in [0.25, 0.3) is 0 Å². The first-order valence-electron chi connectivity index (χ1n) is 5.65. The summed E-state index contributed by atoms with van der Waals surface area (Å²) in [5, 5.41) is 3.30. The van der Waals surface area contributed by atoms with Crippen LogP contribution in [-0.4, -0.2) is 26.0 Å². The molecule has 0 amide bonds. The number of benzene rings is 1. The molecule has 1 aliphatic rings. The van der Waals surface area contributed by atoms with Crippen molar-refractivity contribution in [3.63, 3.8) is 0 Å². The molecule has 0 radical (unpaired) electrons. The van der Waals surface area contributed by atoms with Crippen molar-refractivity contribution in [2.75, 3.05) is 11.5 Å². The predicted molar refractivity (Wildman–Crippen MR) is 72.8 cm³/mol. The van der Waals surface area contributed by atoms with Gasteiger partial charge in [0.25, 0.3) is 0 Å². The fourth-order valence-corrected chi connectivity index (χ4v) is 4.10. The van der Waals surface area contributed by atoms with Crippen molar-refractivity contribution >= 4 is 25.8 Å². The van der Waals surface area contributed by atoms with Crippen LogP contribution in [0.1, 0.15) is 17.5 Å². The van der Waals surface area contributed by atoms with Crippen LogP contribution < -0.4 is 5.32 Å². The third-order valence-electron chi connectivity index (χ3n) is 3.06. The molecule has 1 fully saturated rings. The van der Waals surface area contributed by atoms with E-state index in [9.17, 15) is 8.42 Å². The Balaban J connectivity index is 1.92. The maximum Gasteiger partial charge on any atom is 0.151 e. The van der Waals surface area contributed by atoms with Crippen molar-refractivity contribution < 1.29 is 8.42 Å². The average Bonchev–Trinajstić information content (AvgIpc) is 2.60. The van der Waals surface area contributed by atoms with E-state index in [1.807, 2.05) is 6.92 Å². The summed E-state index contributed by atoms with van der Waals surface area (Å²) in [6.45, 7) is 2.77. The second-order valence-electron chi connectivity index (χ2n) is 4.56. The van der Waals surface area contributed by atoms with Gasteiger partial charge in [-0.1, -0.05) is 28.1 Å². The molecule has 0 saturated carbocycles. The average molecular weight is 318 g/mol. The van der Waals surface area contributed by atoms with E-state index in [0.29, 0.717) is 5.75 Å². The molecule has 1 saturated heterocycles. The van der Waals surface area contributed by atoms with Gasteiger partial charge in [0.2, 0.25) is 0 Å². The zero-order chi connectivity index (χ0) is 12.5. The topological polar surface area (TPSA) is 46.2 Å². The number of sulfone groups is 1. The fraction of sp³-hybridized carbons (Fsp3) is 0.500. The highest BCUT2D eigenvalue weighted by Crippen LogP contribution is 2.18. The van der Waals surface area contributed by atoms with Gasteiger partial charge in [-0.05, 0) is 30.5 Å². The smallest absolute Gasteiger partial charge is 0.151 e. The van der Waals surface area contributed by atoms with E-state index in [1.165, 1.54) is 11.1 Å². The lowest BCUT2D eigenvalue weighted by Gasteiger charge is -2.11. The molecule has 0 aromatic heterocycles. The number of hydrogen-bond donors (Lipinski definition) is 1. The van der Waals surface area contributed by atoms with Crippen molar-refractivity contribution in [3.8, 4) is 0 Å². The van der Waals surface area contributed by atoms with E-state index >= 15 is 0 Å². The first-order valence-corrected chi connectivity index (χ1v) is 8.26. The summed E-state index contributed by atoms with van der Waals surface area (Å²) in [5.74, 6) is 0.599. The van der Waals surface area contributed by atoms with E-state index in [4.69, 9.17) is 0 Å². The molecule has 17 heavy (non-hydrogen) atoms. The lowest BCUT2D eigenvalue weighted by Crippen LogP contribution is -2.29. The minimum absolute atomic E-state index is 0.111. The van der Waals surface area contributed by atoms with Gasteiger partial charge < -0.3 is 5.32 Å². The maximum absolute atomic E-state index is 11.3. The summed E-state index contributed by atoms with van der Waals surface area (Å²) in [6.07, 6.45) is 0.732. The molecule has 1 aromatic carbocycles. The highest BCUT2D eigenvalue weighted by atomic mass is 79.9. The van der Waals surface area contributed by atoms with Crippen molar-refractivity contribution in [1.29, 1.82) is 0 Å². The summed E-state index contributed by atoms with van der Waals surface area (Å²) in [6, 6.07) is 6.31. The number of hydrogen-bond acceptors (Lipinski definition) is 3. The molecule has 1 N–H and O–H groups in total. The Bertz CT molecular complexity index is 513. The quantitative estimate of drug-likeness (QED) is 0.928. The van der Waals surface area contributed by atoms with Gasteiger partial charge in [0.1, 0.15) is 0 Å². The predicted octanol–water partition coefficient (Wildman–Crippen LogP) is 2.03. The van der Waals surface area contributed by atoms with Crippen molar-refractivity contribution in [2.45, 2.75) is 25.9 Å². The summed E-state index contributed by atoms with van der Waals surface area (Å²) < 4.78 is 23.7. The minimum atomic E-state index is -2.79. The van der Waals surface area contributed by atoms with Crippen molar-refractivity contribution in [3.05, 3.63) is 33.8 Å². The zero-order valence-corrected chi connectivity index (χ0v) is 12.1. The number of halogens is 1. The van der Waals surface area contributed by atoms with Crippen LogP contribution in [0.4, 0.5) is 0 Å². The first-order chi connectivity index (χ1) is 7.96. The highest BCUT2D eigenvalue weighted by Gasteiger charge is 2.27. The molecule has 1 unspecified atom stereocenters. The van der Waals surface area contributed by atoms with Gasteiger partial charge in [-0.15, -0.1) is 0 Å². The molecule has 1 heterocycles. The van der Waals surface area contributed by atoms with Crippen LogP contribution in [0.3, 0.4) is 0 Å². The van der Waals surface area contributed by atoms with Crippen LogP contribution in [0.15, 0.2) is 22.7 Å².